The zero-order valence-electron chi connectivity index (χ0n) is 10.6. The zero-order chi connectivity index (χ0) is 12.5. The van der Waals surface area contributed by atoms with Crippen LogP contribution in [0.5, 0.6) is 0 Å². The molecule has 0 aromatic rings. The SMILES string of the molecule is COCCC(CO)NC(=O)CC1=CCCCC1. The third-order valence-corrected chi connectivity index (χ3v) is 3.03. The van der Waals surface area contributed by atoms with Gasteiger partial charge in [-0.1, -0.05) is 11.6 Å². The van der Waals surface area contributed by atoms with Crippen molar-refractivity contribution < 1.29 is 14.6 Å². The van der Waals surface area contributed by atoms with Gasteiger partial charge < -0.3 is 15.2 Å². The fourth-order valence-electron chi connectivity index (χ4n) is 2.02. The molecule has 0 radical (unpaired) electrons. The average molecular weight is 241 g/mol. The van der Waals surface area contributed by atoms with Gasteiger partial charge in [-0.05, 0) is 32.1 Å². The van der Waals surface area contributed by atoms with Crippen LogP contribution in [0, 0.1) is 0 Å². The van der Waals surface area contributed by atoms with Crippen LogP contribution in [0.25, 0.3) is 0 Å². The van der Waals surface area contributed by atoms with Gasteiger partial charge in [-0.2, -0.15) is 0 Å². The highest BCUT2D eigenvalue weighted by molar-refractivity contribution is 5.78. The van der Waals surface area contributed by atoms with Gasteiger partial charge in [0.05, 0.1) is 12.6 Å². The summed E-state index contributed by atoms with van der Waals surface area (Å²) in [5.41, 5.74) is 1.23. The van der Waals surface area contributed by atoms with E-state index < -0.39 is 0 Å². The normalized spacial score (nSPS) is 17.4. The van der Waals surface area contributed by atoms with Crippen molar-refractivity contribution in [1.29, 1.82) is 0 Å². The Morgan fingerprint density at radius 1 is 1.59 bits per heavy atom. The van der Waals surface area contributed by atoms with Gasteiger partial charge in [-0.15, -0.1) is 0 Å². The van der Waals surface area contributed by atoms with Crippen LogP contribution in [-0.4, -0.2) is 37.4 Å². The first-order chi connectivity index (χ1) is 8.26. The lowest BCUT2D eigenvalue weighted by Crippen LogP contribution is -2.38. The van der Waals surface area contributed by atoms with Crippen LogP contribution < -0.4 is 5.32 Å². The summed E-state index contributed by atoms with van der Waals surface area (Å²) >= 11 is 0. The number of aliphatic hydroxyl groups is 1. The maximum atomic E-state index is 11.7. The number of methoxy groups -OCH3 is 1. The fraction of sp³-hybridized carbons (Fsp3) is 0.769. The molecule has 0 aromatic carbocycles. The highest BCUT2D eigenvalue weighted by atomic mass is 16.5. The third-order valence-electron chi connectivity index (χ3n) is 3.03. The summed E-state index contributed by atoms with van der Waals surface area (Å²) in [5.74, 6) is 0.00769. The first kappa shape index (κ1) is 14.2. The average Bonchev–Trinajstić information content (AvgIpc) is 2.35. The molecule has 1 amide bonds. The number of hydrogen-bond acceptors (Lipinski definition) is 3. The topological polar surface area (TPSA) is 58.6 Å². The molecule has 0 saturated carbocycles. The molecule has 98 valence electrons. The van der Waals surface area contributed by atoms with Gasteiger partial charge in [0.2, 0.25) is 5.91 Å². The molecule has 17 heavy (non-hydrogen) atoms. The first-order valence-electron chi connectivity index (χ1n) is 6.33. The Morgan fingerprint density at radius 3 is 3.00 bits per heavy atom. The van der Waals surface area contributed by atoms with E-state index in [9.17, 15) is 4.79 Å². The van der Waals surface area contributed by atoms with E-state index in [0.29, 0.717) is 19.4 Å². The molecule has 4 nitrogen and oxygen atoms in total. The van der Waals surface area contributed by atoms with E-state index >= 15 is 0 Å². The zero-order valence-corrected chi connectivity index (χ0v) is 10.6. The van der Waals surface area contributed by atoms with E-state index in [1.807, 2.05) is 0 Å². The number of carbonyl (C=O) groups excluding carboxylic acids is 1. The van der Waals surface area contributed by atoms with Crippen LogP contribution in [0.15, 0.2) is 11.6 Å². The lowest BCUT2D eigenvalue weighted by Gasteiger charge is -2.17. The van der Waals surface area contributed by atoms with Gasteiger partial charge in [0.1, 0.15) is 0 Å². The summed E-state index contributed by atoms with van der Waals surface area (Å²) < 4.78 is 4.93. The van der Waals surface area contributed by atoms with Crippen LogP contribution in [0.1, 0.15) is 38.5 Å². The number of aliphatic hydroxyl groups excluding tert-OH is 1. The summed E-state index contributed by atoms with van der Waals surface area (Å²) in [6, 6.07) is -0.188. The lowest BCUT2D eigenvalue weighted by atomic mass is 9.97. The molecular formula is C13H23NO3. The molecule has 0 spiro atoms. The molecule has 1 aliphatic carbocycles. The lowest BCUT2D eigenvalue weighted by molar-refractivity contribution is -0.121. The number of carbonyl (C=O) groups is 1. The van der Waals surface area contributed by atoms with Crippen LogP contribution in [-0.2, 0) is 9.53 Å². The van der Waals surface area contributed by atoms with Crippen molar-refractivity contribution >= 4 is 5.91 Å². The van der Waals surface area contributed by atoms with Crippen LogP contribution in [0.3, 0.4) is 0 Å². The molecule has 0 bridgehead atoms. The molecule has 0 fully saturated rings. The second-order valence-corrected chi connectivity index (χ2v) is 4.51. The van der Waals surface area contributed by atoms with Gasteiger partial charge >= 0.3 is 0 Å². The molecule has 1 rings (SSSR count). The molecular weight excluding hydrogens is 218 g/mol. The Bertz CT molecular complexity index is 263. The molecule has 1 unspecified atom stereocenters. The van der Waals surface area contributed by atoms with Crippen LogP contribution >= 0.6 is 0 Å². The summed E-state index contributed by atoms with van der Waals surface area (Å²) in [6.45, 7) is 0.516. The second kappa shape index (κ2) is 8.25. The van der Waals surface area contributed by atoms with Crippen molar-refractivity contribution in [2.24, 2.45) is 0 Å². The Labute approximate surface area is 103 Å². The summed E-state index contributed by atoms with van der Waals surface area (Å²) in [6.07, 6.45) is 7.85. The Kier molecular flexibility index (Phi) is 6.89. The third kappa shape index (κ3) is 5.84. The van der Waals surface area contributed by atoms with Gasteiger partial charge in [-0.3, -0.25) is 4.79 Å². The number of ether oxygens (including phenoxy) is 1. The molecule has 0 saturated heterocycles. The molecule has 0 aliphatic heterocycles. The van der Waals surface area contributed by atoms with E-state index in [1.54, 1.807) is 7.11 Å². The summed E-state index contributed by atoms with van der Waals surface area (Å²) in [4.78, 5) is 11.7. The van der Waals surface area contributed by atoms with Gasteiger partial charge in [0.15, 0.2) is 0 Å². The molecule has 4 heteroatoms. The smallest absolute Gasteiger partial charge is 0.224 e. The van der Waals surface area contributed by atoms with E-state index in [1.165, 1.54) is 18.4 Å². The number of hydrogen-bond donors (Lipinski definition) is 2. The summed E-state index contributed by atoms with van der Waals surface area (Å²) in [7, 11) is 1.61. The number of amides is 1. The van der Waals surface area contributed by atoms with Crippen molar-refractivity contribution in [3.05, 3.63) is 11.6 Å². The molecule has 0 heterocycles. The minimum atomic E-state index is -0.188. The van der Waals surface area contributed by atoms with Crippen molar-refractivity contribution in [1.82, 2.24) is 5.32 Å². The molecule has 1 aliphatic rings. The number of rotatable bonds is 7. The second-order valence-electron chi connectivity index (χ2n) is 4.51. The van der Waals surface area contributed by atoms with Crippen LogP contribution in [0.4, 0.5) is 0 Å². The quantitative estimate of drug-likeness (QED) is 0.662. The fourth-order valence-corrected chi connectivity index (χ4v) is 2.02. The largest absolute Gasteiger partial charge is 0.394 e. The van der Waals surface area contributed by atoms with Gasteiger partial charge in [-0.25, -0.2) is 0 Å². The Balaban J connectivity index is 2.28. The predicted molar refractivity (Wildman–Crippen MR) is 66.7 cm³/mol. The standard InChI is InChI=1S/C13H23NO3/c1-17-8-7-12(10-15)14-13(16)9-11-5-3-2-4-6-11/h5,12,15H,2-4,6-10H2,1H3,(H,14,16). The van der Waals surface area contributed by atoms with Crippen molar-refractivity contribution in [2.75, 3.05) is 20.3 Å². The number of allylic oxidation sites excluding steroid dienone is 1. The maximum absolute atomic E-state index is 11.7. The van der Waals surface area contributed by atoms with E-state index in [4.69, 9.17) is 9.84 Å². The molecule has 0 aromatic heterocycles. The Morgan fingerprint density at radius 2 is 2.41 bits per heavy atom. The van der Waals surface area contributed by atoms with Crippen molar-refractivity contribution in [3.63, 3.8) is 0 Å². The van der Waals surface area contributed by atoms with Crippen molar-refractivity contribution in [3.8, 4) is 0 Å². The maximum Gasteiger partial charge on any atom is 0.224 e. The monoisotopic (exact) mass is 241 g/mol. The number of nitrogens with one attached hydrogen (secondary N) is 1. The van der Waals surface area contributed by atoms with E-state index in [2.05, 4.69) is 11.4 Å². The predicted octanol–water partition coefficient (Wildman–Crippen LogP) is 1.39. The van der Waals surface area contributed by atoms with Gasteiger partial charge in [0.25, 0.3) is 0 Å². The van der Waals surface area contributed by atoms with Crippen molar-refractivity contribution in [2.45, 2.75) is 44.6 Å². The van der Waals surface area contributed by atoms with Gasteiger partial charge in [0, 0.05) is 20.1 Å². The molecule has 2 N–H and O–H groups in total. The minimum absolute atomic E-state index is 0.00769. The first-order valence-corrected chi connectivity index (χ1v) is 6.33. The van der Waals surface area contributed by atoms with Crippen LogP contribution in [0.2, 0.25) is 0 Å². The molecule has 1 atom stereocenters. The van der Waals surface area contributed by atoms with E-state index in [-0.39, 0.29) is 18.6 Å². The minimum Gasteiger partial charge on any atom is -0.394 e. The Hall–Kier alpha value is -0.870. The van der Waals surface area contributed by atoms with E-state index in [0.717, 1.165) is 12.8 Å². The summed E-state index contributed by atoms with van der Waals surface area (Å²) in [5, 5.41) is 12.0. The highest BCUT2D eigenvalue weighted by Crippen LogP contribution is 2.19. The highest BCUT2D eigenvalue weighted by Gasteiger charge is 2.13.